The molecule has 0 spiro atoms. The lowest BCUT2D eigenvalue weighted by atomic mass is 9.80. The van der Waals surface area contributed by atoms with Crippen molar-refractivity contribution < 1.29 is 4.79 Å². The van der Waals surface area contributed by atoms with Crippen molar-refractivity contribution in [3.63, 3.8) is 0 Å². The molecule has 0 aromatic rings. The molecule has 0 radical (unpaired) electrons. The van der Waals surface area contributed by atoms with E-state index in [0.717, 1.165) is 25.7 Å². The number of carbonyl (C=O) groups is 1. The summed E-state index contributed by atoms with van der Waals surface area (Å²) in [5, 5.41) is 17.2. The number of nitriles is 2. The van der Waals surface area contributed by atoms with Crippen molar-refractivity contribution in [3.05, 3.63) is 0 Å². The minimum absolute atomic E-state index is 0.0392. The van der Waals surface area contributed by atoms with Crippen LogP contribution in [0.5, 0.6) is 0 Å². The smallest absolute Gasteiger partial charge is 0.226 e. The lowest BCUT2D eigenvalue weighted by Crippen LogP contribution is -2.47. The Balaban J connectivity index is 2.56. The van der Waals surface area contributed by atoms with Crippen molar-refractivity contribution in [1.82, 2.24) is 4.90 Å². The van der Waals surface area contributed by atoms with Gasteiger partial charge in [0.1, 0.15) is 13.1 Å². The Morgan fingerprint density at radius 3 is 2.18 bits per heavy atom. The van der Waals surface area contributed by atoms with Gasteiger partial charge in [-0.1, -0.05) is 19.3 Å². The summed E-state index contributed by atoms with van der Waals surface area (Å²) in [7, 11) is 0. The summed E-state index contributed by atoms with van der Waals surface area (Å²) in [5.41, 5.74) is 5.74. The maximum Gasteiger partial charge on any atom is 0.226 e. The lowest BCUT2D eigenvalue weighted by molar-refractivity contribution is -0.131. The largest absolute Gasteiger partial charge is 0.325 e. The molecule has 17 heavy (non-hydrogen) atoms. The Labute approximate surface area is 102 Å². The van der Waals surface area contributed by atoms with Crippen molar-refractivity contribution >= 4 is 5.91 Å². The van der Waals surface area contributed by atoms with Crippen LogP contribution in [0.1, 0.15) is 38.5 Å². The van der Waals surface area contributed by atoms with Crippen molar-refractivity contribution in [2.24, 2.45) is 5.73 Å². The third-order valence-corrected chi connectivity index (χ3v) is 3.23. The Morgan fingerprint density at radius 1 is 1.18 bits per heavy atom. The summed E-state index contributed by atoms with van der Waals surface area (Å²) in [6.45, 7) is -0.0784. The highest BCUT2D eigenvalue weighted by atomic mass is 16.2. The number of hydrogen-bond acceptors (Lipinski definition) is 4. The molecular weight excluding hydrogens is 216 g/mol. The van der Waals surface area contributed by atoms with Crippen LogP contribution in [0.2, 0.25) is 0 Å². The quantitative estimate of drug-likeness (QED) is 0.731. The van der Waals surface area contributed by atoms with Gasteiger partial charge in [0.15, 0.2) is 0 Å². The molecule has 1 rings (SSSR count). The predicted octanol–water partition coefficient (Wildman–Crippen LogP) is 0.914. The Kier molecular flexibility index (Phi) is 4.93. The standard InChI is InChI=1S/C12H18N4O/c13-6-8-16(9-7-14)11(17)10-12(15)4-2-1-3-5-12/h1-5,8-10,15H2. The van der Waals surface area contributed by atoms with E-state index in [1.165, 1.54) is 11.3 Å². The molecular formula is C12H18N4O. The second-order valence-corrected chi connectivity index (χ2v) is 4.67. The Bertz CT molecular complexity index is 330. The number of carbonyl (C=O) groups excluding carboxylic acids is 1. The molecule has 0 aliphatic heterocycles. The number of amides is 1. The van der Waals surface area contributed by atoms with Crippen LogP contribution in [0, 0.1) is 22.7 Å². The van der Waals surface area contributed by atoms with Gasteiger partial charge < -0.3 is 10.6 Å². The van der Waals surface area contributed by atoms with Crippen molar-refractivity contribution in [1.29, 1.82) is 10.5 Å². The summed E-state index contributed by atoms with van der Waals surface area (Å²) in [5.74, 6) is -0.183. The molecule has 0 atom stereocenters. The number of hydrogen-bond donors (Lipinski definition) is 1. The predicted molar refractivity (Wildman–Crippen MR) is 62.4 cm³/mol. The van der Waals surface area contributed by atoms with Crippen molar-refractivity contribution in [2.45, 2.75) is 44.1 Å². The van der Waals surface area contributed by atoms with E-state index >= 15 is 0 Å². The molecule has 5 nitrogen and oxygen atoms in total. The summed E-state index contributed by atoms with van der Waals surface area (Å²) in [4.78, 5) is 13.2. The van der Waals surface area contributed by atoms with Gasteiger partial charge in [0, 0.05) is 12.0 Å². The van der Waals surface area contributed by atoms with Gasteiger partial charge in [-0.2, -0.15) is 10.5 Å². The number of nitrogens with zero attached hydrogens (tertiary/aromatic N) is 3. The monoisotopic (exact) mass is 234 g/mol. The zero-order valence-corrected chi connectivity index (χ0v) is 9.98. The minimum atomic E-state index is -0.432. The number of nitrogens with two attached hydrogens (primary N) is 1. The highest BCUT2D eigenvalue weighted by molar-refractivity contribution is 5.78. The SMILES string of the molecule is N#CCN(CC#N)C(=O)CC1(N)CCCCC1. The van der Waals surface area contributed by atoms with Gasteiger partial charge in [0.05, 0.1) is 12.1 Å². The van der Waals surface area contributed by atoms with Crippen molar-refractivity contribution in [2.75, 3.05) is 13.1 Å². The van der Waals surface area contributed by atoms with Crippen LogP contribution in [-0.4, -0.2) is 29.4 Å². The normalized spacial score (nSPS) is 17.8. The van der Waals surface area contributed by atoms with Gasteiger partial charge in [-0.05, 0) is 12.8 Å². The van der Waals surface area contributed by atoms with Crippen LogP contribution in [0.15, 0.2) is 0 Å². The zero-order valence-electron chi connectivity index (χ0n) is 9.98. The molecule has 0 unspecified atom stereocenters. The third kappa shape index (κ3) is 4.05. The van der Waals surface area contributed by atoms with E-state index in [4.69, 9.17) is 16.3 Å². The maximum atomic E-state index is 11.9. The van der Waals surface area contributed by atoms with E-state index in [0.29, 0.717) is 0 Å². The fraction of sp³-hybridized carbons (Fsp3) is 0.750. The Morgan fingerprint density at radius 2 is 1.71 bits per heavy atom. The zero-order chi connectivity index (χ0) is 12.7. The highest BCUT2D eigenvalue weighted by Crippen LogP contribution is 2.29. The Hall–Kier alpha value is -1.59. The molecule has 0 bridgehead atoms. The lowest BCUT2D eigenvalue weighted by Gasteiger charge is -2.34. The summed E-state index contributed by atoms with van der Waals surface area (Å²) in [6.07, 6.45) is 5.24. The van der Waals surface area contributed by atoms with Gasteiger partial charge in [0.25, 0.3) is 0 Å². The van der Waals surface area contributed by atoms with Crippen LogP contribution in [-0.2, 0) is 4.79 Å². The van der Waals surface area contributed by atoms with Crippen LogP contribution in [0.25, 0.3) is 0 Å². The first-order valence-corrected chi connectivity index (χ1v) is 5.92. The van der Waals surface area contributed by atoms with Crippen molar-refractivity contribution in [3.8, 4) is 12.1 Å². The second kappa shape index (κ2) is 6.22. The van der Waals surface area contributed by atoms with Crippen LogP contribution in [0.3, 0.4) is 0 Å². The van der Waals surface area contributed by atoms with Gasteiger partial charge in [-0.25, -0.2) is 0 Å². The van der Waals surface area contributed by atoms with Crippen LogP contribution in [0.4, 0.5) is 0 Å². The topological polar surface area (TPSA) is 93.9 Å². The van der Waals surface area contributed by atoms with Crippen LogP contribution >= 0.6 is 0 Å². The van der Waals surface area contributed by atoms with E-state index in [9.17, 15) is 4.79 Å². The first-order chi connectivity index (χ1) is 8.11. The van der Waals surface area contributed by atoms with E-state index in [-0.39, 0.29) is 25.4 Å². The van der Waals surface area contributed by atoms with Gasteiger partial charge in [-0.3, -0.25) is 4.79 Å². The fourth-order valence-corrected chi connectivity index (χ4v) is 2.25. The molecule has 1 aliphatic carbocycles. The summed E-state index contributed by atoms with van der Waals surface area (Å²) >= 11 is 0. The fourth-order valence-electron chi connectivity index (χ4n) is 2.25. The molecule has 1 aliphatic rings. The van der Waals surface area contributed by atoms with Gasteiger partial charge >= 0.3 is 0 Å². The summed E-state index contributed by atoms with van der Waals surface area (Å²) < 4.78 is 0. The first kappa shape index (κ1) is 13.5. The van der Waals surface area contributed by atoms with E-state index in [1.54, 1.807) is 0 Å². The number of rotatable bonds is 4. The summed E-state index contributed by atoms with van der Waals surface area (Å²) in [6, 6.07) is 3.79. The molecule has 1 fully saturated rings. The molecule has 0 saturated heterocycles. The van der Waals surface area contributed by atoms with Gasteiger partial charge in [0.2, 0.25) is 5.91 Å². The van der Waals surface area contributed by atoms with E-state index < -0.39 is 5.54 Å². The van der Waals surface area contributed by atoms with E-state index in [1.807, 2.05) is 12.1 Å². The molecule has 0 aromatic carbocycles. The molecule has 1 saturated carbocycles. The third-order valence-electron chi connectivity index (χ3n) is 3.23. The molecule has 92 valence electrons. The average molecular weight is 234 g/mol. The minimum Gasteiger partial charge on any atom is -0.325 e. The molecule has 2 N–H and O–H groups in total. The first-order valence-electron chi connectivity index (χ1n) is 5.92. The van der Waals surface area contributed by atoms with Gasteiger partial charge in [-0.15, -0.1) is 0 Å². The van der Waals surface area contributed by atoms with E-state index in [2.05, 4.69) is 0 Å². The molecule has 5 heteroatoms. The second-order valence-electron chi connectivity index (χ2n) is 4.67. The molecule has 0 aromatic heterocycles. The molecule has 0 heterocycles. The highest BCUT2D eigenvalue weighted by Gasteiger charge is 2.31. The molecule has 1 amide bonds. The average Bonchev–Trinajstić information content (AvgIpc) is 2.29. The maximum absolute atomic E-state index is 11.9. The van der Waals surface area contributed by atoms with Crippen LogP contribution < -0.4 is 5.73 Å².